The summed E-state index contributed by atoms with van der Waals surface area (Å²) in [7, 11) is 0. The van der Waals surface area contributed by atoms with Crippen molar-refractivity contribution in [2.45, 2.75) is 6.92 Å². The van der Waals surface area contributed by atoms with Crippen molar-refractivity contribution < 1.29 is 4.79 Å². The molecule has 4 N–H and O–H groups in total. The van der Waals surface area contributed by atoms with Crippen molar-refractivity contribution in [1.29, 1.82) is 0 Å². The van der Waals surface area contributed by atoms with E-state index in [1.807, 2.05) is 0 Å². The second-order valence-corrected chi connectivity index (χ2v) is 3.61. The van der Waals surface area contributed by atoms with Gasteiger partial charge in [-0.05, 0) is 12.1 Å². The maximum Gasteiger partial charge on any atom is 0.216 e. The van der Waals surface area contributed by atoms with Gasteiger partial charge in [0.25, 0.3) is 0 Å². The van der Waals surface area contributed by atoms with Gasteiger partial charge >= 0.3 is 0 Å². The van der Waals surface area contributed by atoms with Gasteiger partial charge < -0.3 is 16.4 Å². The van der Waals surface area contributed by atoms with Crippen LogP contribution in [-0.2, 0) is 4.79 Å². The first kappa shape index (κ1) is 12.4. The molecule has 0 aliphatic carbocycles. The Morgan fingerprint density at radius 2 is 2.31 bits per heavy atom. The first-order chi connectivity index (χ1) is 7.61. The highest BCUT2D eigenvalue weighted by atomic mass is 32.1. The average Bonchev–Trinajstić information content (AvgIpc) is 2.24. The van der Waals surface area contributed by atoms with Gasteiger partial charge in [-0.2, -0.15) is 0 Å². The molecular weight excluding hydrogens is 224 g/mol. The molecule has 0 aliphatic heterocycles. The third kappa shape index (κ3) is 3.82. The highest BCUT2D eigenvalue weighted by molar-refractivity contribution is 7.80. The standard InChI is InChI=1S/C10H14N4OS/c1-7(15)12-5-6-14-10-8(9(11)16)3-2-4-13-10/h2-4H,5-6H2,1H3,(H2,11,16)(H,12,15)(H,13,14). The molecule has 86 valence electrons. The van der Waals surface area contributed by atoms with E-state index in [1.54, 1.807) is 18.3 Å². The van der Waals surface area contributed by atoms with Crippen molar-refractivity contribution in [2.24, 2.45) is 5.73 Å². The lowest BCUT2D eigenvalue weighted by atomic mass is 10.2. The number of hydrogen-bond acceptors (Lipinski definition) is 4. The fraction of sp³-hybridized carbons (Fsp3) is 0.300. The fourth-order valence-corrected chi connectivity index (χ4v) is 1.33. The third-order valence-corrected chi connectivity index (χ3v) is 2.08. The molecule has 6 heteroatoms. The van der Waals surface area contributed by atoms with E-state index in [4.69, 9.17) is 18.0 Å². The van der Waals surface area contributed by atoms with Gasteiger partial charge in [0, 0.05) is 26.2 Å². The monoisotopic (exact) mass is 238 g/mol. The molecular formula is C10H14N4OS. The van der Waals surface area contributed by atoms with E-state index >= 15 is 0 Å². The second kappa shape index (κ2) is 6.02. The third-order valence-electron chi connectivity index (χ3n) is 1.86. The molecule has 5 nitrogen and oxygen atoms in total. The van der Waals surface area contributed by atoms with Crippen LogP contribution in [0.25, 0.3) is 0 Å². The molecule has 1 amide bonds. The van der Waals surface area contributed by atoms with Crippen LogP contribution in [0, 0.1) is 0 Å². The van der Waals surface area contributed by atoms with Crippen molar-refractivity contribution in [3.63, 3.8) is 0 Å². The maximum absolute atomic E-state index is 10.6. The predicted octanol–water partition coefficient (Wildman–Crippen LogP) is 0.264. The van der Waals surface area contributed by atoms with Crippen molar-refractivity contribution in [1.82, 2.24) is 10.3 Å². The Kier molecular flexibility index (Phi) is 4.65. The maximum atomic E-state index is 10.6. The lowest BCUT2D eigenvalue weighted by Crippen LogP contribution is -2.27. The molecule has 0 unspecified atom stereocenters. The van der Waals surface area contributed by atoms with E-state index in [-0.39, 0.29) is 5.91 Å². The summed E-state index contributed by atoms with van der Waals surface area (Å²) in [5.74, 6) is 0.581. The predicted molar refractivity (Wildman–Crippen MR) is 67.3 cm³/mol. The highest BCUT2D eigenvalue weighted by Gasteiger charge is 2.04. The summed E-state index contributed by atoms with van der Waals surface area (Å²) in [6, 6.07) is 3.57. The van der Waals surface area contributed by atoms with E-state index in [2.05, 4.69) is 15.6 Å². The van der Waals surface area contributed by atoms with Crippen LogP contribution >= 0.6 is 12.2 Å². The van der Waals surface area contributed by atoms with Crippen molar-refractivity contribution >= 4 is 28.9 Å². The van der Waals surface area contributed by atoms with Crippen LogP contribution in [0.2, 0.25) is 0 Å². The van der Waals surface area contributed by atoms with Crippen LogP contribution in [0.3, 0.4) is 0 Å². The Bertz CT molecular complexity index is 394. The molecule has 0 saturated carbocycles. The number of rotatable bonds is 5. The molecule has 0 atom stereocenters. The number of amides is 1. The summed E-state index contributed by atoms with van der Waals surface area (Å²) in [5.41, 5.74) is 6.26. The first-order valence-electron chi connectivity index (χ1n) is 4.84. The number of anilines is 1. The summed E-state index contributed by atoms with van der Waals surface area (Å²) < 4.78 is 0. The van der Waals surface area contributed by atoms with Crippen LogP contribution in [0.1, 0.15) is 12.5 Å². The van der Waals surface area contributed by atoms with Crippen molar-refractivity contribution in [3.8, 4) is 0 Å². The Morgan fingerprint density at radius 3 is 2.94 bits per heavy atom. The summed E-state index contributed by atoms with van der Waals surface area (Å²) in [4.78, 5) is 15.1. The van der Waals surface area contributed by atoms with Gasteiger partial charge in [-0.1, -0.05) is 12.2 Å². The molecule has 0 saturated heterocycles. The number of aromatic nitrogens is 1. The Balaban J connectivity index is 2.53. The largest absolute Gasteiger partial charge is 0.389 e. The fourth-order valence-electron chi connectivity index (χ4n) is 1.16. The smallest absolute Gasteiger partial charge is 0.216 e. The number of hydrogen-bond donors (Lipinski definition) is 3. The minimum Gasteiger partial charge on any atom is -0.389 e. The molecule has 0 bridgehead atoms. The number of pyridine rings is 1. The summed E-state index contributed by atoms with van der Waals surface area (Å²) in [5, 5.41) is 5.73. The van der Waals surface area contributed by atoms with E-state index in [9.17, 15) is 4.79 Å². The molecule has 16 heavy (non-hydrogen) atoms. The van der Waals surface area contributed by atoms with Crippen LogP contribution < -0.4 is 16.4 Å². The second-order valence-electron chi connectivity index (χ2n) is 3.17. The molecule has 1 aromatic heterocycles. The number of carbonyl (C=O) groups is 1. The minimum atomic E-state index is -0.0580. The quantitative estimate of drug-likeness (QED) is 0.506. The molecule has 0 fully saturated rings. The number of nitrogens with one attached hydrogen (secondary N) is 2. The summed E-state index contributed by atoms with van der Waals surface area (Å²) in [6.45, 7) is 2.58. The molecule has 1 aromatic rings. The molecule has 1 rings (SSSR count). The number of carbonyl (C=O) groups excluding carboxylic acids is 1. The Hall–Kier alpha value is -1.69. The number of nitrogens with two attached hydrogens (primary N) is 1. The van der Waals surface area contributed by atoms with E-state index < -0.39 is 0 Å². The normalized spacial score (nSPS) is 9.56. The Labute approximate surface area is 99.4 Å². The topological polar surface area (TPSA) is 80.0 Å². The Morgan fingerprint density at radius 1 is 1.56 bits per heavy atom. The van der Waals surface area contributed by atoms with Gasteiger partial charge in [0.05, 0.1) is 5.56 Å². The zero-order valence-corrected chi connectivity index (χ0v) is 9.80. The minimum absolute atomic E-state index is 0.0580. The van der Waals surface area contributed by atoms with Crippen molar-refractivity contribution in [2.75, 3.05) is 18.4 Å². The first-order valence-corrected chi connectivity index (χ1v) is 5.25. The highest BCUT2D eigenvalue weighted by Crippen LogP contribution is 2.10. The number of nitrogens with zero attached hydrogens (tertiary/aromatic N) is 1. The van der Waals surface area contributed by atoms with Crippen LogP contribution in [-0.4, -0.2) is 29.0 Å². The van der Waals surface area contributed by atoms with Gasteiger partial charge in [-0.15, -0.1) is 0 Å². The van der Waals surface area contributed by atoms with Gasteiger partial charge in [0.1, 0.15) is 10.8 Å². The summed E-state index contributed by atoms with van der Waals surface area (Å²) >= 11 is 4.90. The lowest BCUT2D eigenvalue weighted by molar-refractivity contribution is -0.118. The van der Waals surface area contributed by atoms with Gasteiger partial charge in [-0.25, -0.2) is 4.98 Å². The number of thiocarbonyl (C=S) groups is 1. The van der Waals surface area contributed by atoms with Gasteiger partial charge in [0.15, 0.2) is 0 Å². The summed E-state index contributed by atoms with van der Waals surface area (Å²) in [6.07, 6.45) is 1.66. The van der Waals surface area contributed by atoms with Crippen molar-refractivity contribution in [3.05, 3.63) is 23.9 Å². The molecule has 0 spiro atoms. The van der Waals surface area contributed by atoms with E-state index in [0.29, 0.717) is 29.5 Å². The molecule has 1 heterocycles. The zero-order chi connectivity index (χ0) is 12.0. The van der Waals surface area contributed by atoms with Gasteiger partial charge in [-0.3, -0.25) is 4.79 Å². The SMILES string of the molecule is CC(=O)NCCNc1ncccc1C(N)=S. The van der Waals surface area contributed by atoms with Crippen LogP contribution in [0.5, 0.6) is 0 Å². The molecule has 0 radical (unpaired) electrons. The van der Waals surface area contributed by atoms with E-state index in [1.165, 1.54) is 6.92 Å². The van der Waals surface area contributed by atoms with Crippen LogP contribution in [0.15, 0.2) is 18.3 Å². The zero-order valence-electron chi connectivity index (χ0n) is 8.99. The average molecular weight is 238 g/mol. The lowest BCUT2D eigenvalue weighted by Gasteiger charge is -2.09. The van der Waals surface area contributed by atoms with Gasteiger partial charge in [0.2, 0.25) is 5.91 Å². The molecule has 0 aromatic carbocycles. The molecule has 0 aliphatic rings. The van der Waals surface area contributed by atoms with Crippen LogP contribution in [0.4, 0.5) is 5.82 Å². The van der Waals surface area contributed by atoms with E-state index in [0.717, 1.165) is 0 Å².